The van der Waals surface area contributed by atoms with Crippen molar-refractivity contribution in [1.82, 2.24) is 0 Å². The summed E-state index contributed by atoms with van der Waals surface area (Å²) in [6.07, 6.45) is 0. The first kappa shape index (κ1) is 13.8. The van der Waals surface area contributed by atoms with Crippen molar-refractivity contribution in [2.75, 3.05) is 0 Å². The van der Waals surface area contributed by atoms with Gasteiger partial charge in [-0.1, -0.05) is 23.7 Å². The topological polar surface area (TPSA) is 35.2 Å². The van der Waals surface area contributed by atoms with Crippen molar-refractivity contribution in [2.45, 2.75) is 19.9 Å². The molecule has 0 saturated carbocycles. The second kappa shape index (κ2) is 5.59. The fraction of sp³-hybridized carbons (Fsp3) is 0.200. The normalized spacial score (nSPS) is 12.3. The molecule has 2 nitrogen and oxygen atoms in total. The summed E-state index contributed by atoms with van der Waals surface area (Å²) >= 11 is 6.01. The van der Waals surface area contributed by atoms with Crippen LogP contribution in [-0.4, -0.2) is 0 Å². The van der Waals surface area contributed by atoms with Gasteiger partial charge in [0, 0.05) is 6.04 Å². The molecule has 2 N–H and O–H groups in total. The summed E-state index contributed by atoms with van der Waals surface area (Å²) < 4.78 is 19.4. The third-order valence-electron chi connectivity index (χ3n) is 2.79. The van der Waals surface area contributed by atoms with E-state index in [1.54, 1.807) is 31.2 Å². The number of hydrogen-bond donors (Lipinski definition) is 1. The van der Waals surface area contributed by atoms with Crippen molar-refractivity contribution < 1.29 is 9.13 Å². The van der Waals surface area contributed by atoms with Crippen molar-refractivity contribution >= 4 is 11.6 Å². The van der Waals surface area contributed by atoms with Crippen molar-refractivity contribution in [3.8, 4) is 11.5 Å². The van der Waals surface area contributed by atoms with Gasteiger partial charge >= 0.3 is 0 Å². The lowest BCUT2D eigenvalue weighted by Crippen LogP contribution is -2.05. The van der Waals surface area contributed by atoms with Crippen LogP contribution in [0.2, 0.25) is 5.02 Å². The molecule has 0 spiro atoms. The zero-order valence-corrected chi connectivity index (χ0v) is 11.5. The summed E-state index contributed by atoms with van der Waals surface area (Å²) in [6, 6.07) is 9.82. The van der Waals surface area contributed by atoms with E-state index in [9.17, 15) is 4.39 Å². The van der Waals surface area contributed by atoms with Crippen molar-refractivity contribution in [2.24, 2.45) is 5.73 Å². The fourth-order valence-corrected chi connectivity index (χ4v) is 1.85. The van der Waals surface area contributed by atoms with Gasteiger partial charge in [-0.15, -0.1) is 0 Å². The number of aryl methyl sites for hydroxylation is 1. The number of rotatable bonds is 3. The number of halogens is 2. The minimum absolute atomic E-state index is 0.136. The highest BCUT2D eigenvalue weighted by molar-refractivity contribution is 6.32. The van der Waals surface area contributed by atoms with E-state index in [0.717, 1.165) is 11.1 Å². The fourth-order valence-electron chi connectivity index (χ4n) is 1.69. The Morgan fingerprint density at radius 1 is 1.16 bits per heavy atom. The van der Waals surface area contributed by atoms with E-state index in [-0.39, 0.29) is 11.8 Å². The van der Waals surface area contributed by atoms with Crippen LogP contribution in [0.1, 0.15) is 24.1 Å². The molecule has 2 rings (SSSR count). The lowest BCUT2D eigenvalue weighted by atomic mass is 10.1. The monoisotopic (exact) mass is 279 g/mol. The lowest BCUT2D eigenvalue weighted by molar-refractivity contribution is 0.441. The zero-order chi connectivity index (χ0) is 14.0. The van der Waals surface area contributed by atoms with Crippen LogP contribution in [0.3, 0.4) is 0 Å². The number of benzene rings is 2. The Balaban J connectivity index is 2.31. The summed E-state index contributed by atoms with van der Waals surface area (Å²) in [7, 11) is 0. The Hall–Kier alpha value is -1.58. The molecule has 0 aliphatic carbocycles. The van der Waals surface area contributed by atoms with E-state index < -0.39 is 5.82 Å². The summed E-state index contributed by atoms with van der Waals surface area (Å²) in [5, 5.41) is 0.446. The smallest absolute Gasteiger partial charge is 0.166 e. The average Bonchev–Trinajstić information content (AvgIpc) is 2.36. The Morgan fingerprint density at radius 2 is 1.89 bits per heavy atom. The van der Waals surface area contributed by atoms with Crippen LogP contribution in [0, 0.1) is 12.7 Å². The van der Waals surface area contributed by atoms with E-state index in [1.165, 1.54) is 6.07 Å². The lowest BCUT2D eigenvalue weighted by Gasteiger charge is -2.11. The SMILES string of the molecule is Cc1ccc(Cl)c(Oc2ccc([C@@H](C)N)cc2F)c1. The van der Waals surface area contributed by atoms with Gasteiger partial charge in [-0.05, 0) is 49.2 Å². The Bertz CT molecular complexity index is 599. The largest absolute Gasteiger partial charge is 0.453 e. The van der Waals surface area contributed by atoms with Crippen LogP contribution in [0.4, 0.5) is 4.39 Å². The summed E-state index contributed by atoms with van der Waals surface area (Å²) in [5.41, 5.74) is 7.42. The Labute approximate surface area is 117 Å². The Kier molecular flexibility index (Phi) is 4.08. The summed E-state index contributed by atoms with van der Waals surface area (Å²) in [5.74, 6) is 0.124. The number of nitrogens with two attached hydrogens (primary N) is 1. The maximum absolute atomic E-state index is 13.9. The highest BCUT2D eigenvalue weighted by Gasteiger charge is 2.10. The van der Waals surface area contributed by atoms with Crippen molar-refractivity contribution in [1.29, 1.82) is 0 Å². The molecule has 0 saturated heterocycles. The molecule has 2 aromatic carbocycles. The van der Waals surface area contributed by atoms with Crippen LogP contribution in [0.25, 0.3) is 0 Å². The second-order valence-corrected chi connectivity index (χ2v) is 4.92. The number of hydrogen-bond acceptors (Lipinski definition) is 2. The molecule has 0 aliphatic heterocycles. The van der Waals surface area contributed by atoms with Gasteiger partial charge in [0.1, 0.15) is 5.75 Å². The Morgan fingerprint density at radius 3 is 2.53 bits per heavy atom. The summed E-state index contributed by atoms with van der Waals surface area (Å²) in [6.45, 7) is 3.71. The molecule has 0 unspecified atom stereocenters. The van der Waals surface area contributed by atoms with E-state index in [0.29, 0.717) is 10.8 Å². The molecular weight excluding hydrogens is 265 g/mol. The molecule has 19 heavy (non-hydrogen) atoms. The van der Waals surface area contributed by atoms with Gasteiger partial charge in [-0.25, -0.2) is 4.39 Å². The minimum atomic E-state index is -0.452. The molecule has 0 aromatic heterocycles. The van der Waals surface area contributed by atoms with Gasteiger partial charge in [-0.3, -0.25) is 0 Å². The molecule has 0 fully saturated rings. The van der Waals surface area contributed by atoms with Crippen LogP contribution in [0.15, 0.2) is 36.4 Å². The van der Waals surface area contributed by atoms with Gasteiger partial charge in [-0.2, -0.15) is 0 Å². The second-order valence-electron chi connectivity index (χ2n) is 4.51. The third kappa shape index (κ3) is 3.25. The predicted molar refractivity (Wildman–Crippen MR) is 75.3 cm³/mol. The molecule has 2 aromatic rings. The van der Waals surface area contributed by atoms with Gasteiger partial charge < -0.3 is 10.5 Å². The average molecular weight is 280 g/mol. The molecule has 0 heterocycles. The van der Waals surface area contributed by atoms with Crippen LogP contribution in [0.5, 0.6) is 11.5 Å². The van der Waals surface area contributed by atoms with E-state index in [2.05, 4.69) is 0 Å². The number of ether oxygens (including phenoxy) is 1. The van der Waals surface area contributed by atoms with Gasteiger partial charge in [0.25, 0.3) is 0 Å². The van der Waals surface area contributed by atoms with Crippen molar-refractivity contribution in [3.63, 3.8) is 0 Å². The third-order valence-corrected chi connectivity index (χ3v) is 3.10. The quantitative estimate of drug-likeness (QED) is 0.891. The molecular formula is C15H15ClFNO. The highest BCUT2D eigenvalue weighted by atomic mass is 35.5. The van der Waals surface area contributed by atoms with E-state index in [4.69, 9.17) is 22.1 Å². The predicted octanol–water partition coefficient (Wildman–Crippen LogP) is 4.60. The van der Waals surface area contributed by atoms with E-state index >= 15 is 0 Å². The first-order valence-electron chi connectivity index (χ1n) is 5.96. The molecule has 0 radical (unpaired) electrons. The maximum Gasteiger partial charge on any atom is 0.166 e. The molecule has 4 heteroatoms. The highest BCUT2D eigenvalue weighted by Crippen LogP contribution is 2.32. The molecule has 0 amide bonds. The van der Waals surface area contributed by atoms with Gasteiger partial charge in [0.2, 0.25) is 0 Å². The van der Waals surface area contributed by atoms with Crippen molar-refractivity contribution in [3.05, 3.63) is 58.4 Å². The first-order valence-corrected chi connectivity index (χ1v) is 6.34. The first-order chi connectivity index (χ1) is 8.97. The zero-order valence-electron chi connectivity index (χ0n) is 10.8. The molecule has 1 atom stereocenters. The van der Waals surface area contributed by atoms with Gasteiger partial charge in [0.05, 0.1) is 5.02 Å². The molecule has 0 aliphatic rings. The molecule has 0 bridgehead atoms. The van der Waals surface area contributed by atoms with Gasteiger partial charge in [0.15, 0.2) is 11.6 Å². The van der Waals surface area contributed by atoms with Crippen LogP contribution in [-0.2, 0) is 0 Å². The van der Waals surface area contributed by atoms with Crippen LogP contribution < -0.4 is 10.5 Å². The van der Waals surface area contributed by atoms with E-state index in [1.807, 2.05) is 13.0 Å². The van der Waals surface area contributed by atoms with Crippen LogP contribution >= 0.6 is 11.6 Å². The minimum Gasteiger partial charge on any atom is -0.453 e. The summed E-state index contributed by atoms with van der Waals surface area (Å²) in [4.78, 5) is 0. The molecule has 100 valence electrons. The maximum atomic E-state index is 13.9. The standard InChI is InChI=1S/C15H15ClFNO/c1-9-3-5-12(16)15(7-9)19-14-6-4-11(10(2)18)8-13(14)17/h3-8,10H,18H2,1-2H3/t10-/m1/s1.